The molecule has 11 heteroatoms. The molecule has 3 aromatic rings. The second kappa shape index (κ2) is 14.6. The van der Waals surface area contributed by atoms with Gasteiger partial charge in [0.1, 0.15) is 18.4 Å². The van der Waals surface area contributed by atoms with Crippen molar-refractivity contribution in [2.45, 2.75) is 75.9 Å². The van der Waals surface area contributed by atoms with Gasteiger partial charge in [-0.1, -0.05) is 85.3 Å². The lowest BCUT2D eigenvalue weighted by atomic mass is 9.95. The molecule has 1 atom stereocenters. The minimum atomic E-state index is -4.30. The Morgan fingerprint density at radius 3 is 2.26 bits per heavy atom. The Bertz CT molecular complexity index is 1530. The molecule has 43 heavy (non-hydrogen) atoms. The Balaban J connectivity index is 1.73. The number of benzene rings is 3. The first-order chi connectivity index (χ1) is 20.5. The number of hydrogen-bond acceptors (Lipinski definition) is 4. The highest BCUT2D eigenvalue weighted by atomic mass is 35.5. The summed E-state index contributed by atoms with van der Waals surface area (Å²) in [4.78, 5) is 29.1. The number of aryl methyl sites for hydroxylation is 1. The number of hydrogen-bond donors (Lipinski definition) is 1. The van der Waals surface area contributed by atoms with Crippen molar-refractivity contribution < 1.29 is 22.4 Å². The molecule has 1 N–H and O–H groups in total. The van der Waals surface area contributed by atoms with Gasteiger partial charge in [0, 0.05) is 12.6 Å². The topological polar surface area (TPSA) is 86.8 Å². The number of sulfonamides is 1. The van der Waals surface area contributed by atoms with Crippen LogP contribution in [0.25, 0.3) is 0 Å². The molecule has 1 aliphatic rings. The average molecular weight is 649 g/mol. The molecule has 1 aliphatic carbocycles. The zero-order valence-corrected chi connectivity index (χ0v) is 26.6. The Labute approximate surface area is 263 Å². The molecule has 7 nitrogen and oxygen atoms in total. The molecule has 0 bridgehead atoms. The van der Waals surface area contributed by atoms with Crippen LogP contribution in [0.4, 0.5) is 10.1 Å². The first-order valence-corrected chi connectivity index (χ1v) is 16.6. The number of anilines is 1. The molecule has 0 radical (unpaired) electrons. The van der Waals surface area contributed by atoms with Gasteiger partial charge in [0.05, 0.1) is 20.6 Å². The predicted octanol–water partition coefficient (Wildman–Crippen LogP) is 6.89. The van der Waals surface area contributed by atoms with Crippen molar-refractivity contribution in [1.29, 1.82) is 0 Å². The first-order valence-electron chi connectivity index (χ1n) is 14.4. The van der Waals surface area contributed by atoms with E-state index in [1.807, 2.05) is 6.92 Å². The van der Waals surface area contributed by atoms with Gasteiger partial charge in [-0.3, -0.25) is 13.9 Å². The summed E-state index contributed by atoms with van der Waals surface area (Å²) in [6, 6.07) is 15.6. The van der Waals surface area contributed by atoms with E-state index in [2.05, 4.69) is 5.32 Å². The van der Waals surface area contributed by atoms with Crippen LogP contribution in [0.3, 0.4) is 0 Å². The van der Waals surface area contributed by atoms with Crippen LogP contribution >= 0.6 is 23.2 Å². The van der Waals surface area contributed by atoms with Crippen molar-refractivity contribution in [3.8, 4) is 0 Å². The van der Waals surface area contributed by atoms with Crippen LogP contribution in [0.15, 0.2) is 71.6 Å². The van der Waals surface area contributed by atoms with Crippen LogP contribution in [0.2, 0.25) is 10.0 Å². The number of nitrogens with zero attached hydrogens (tertiary/aromatic N) is 2. The molecule has 0 saturated heterocycles. The number of carbonyl (C=O) groups is 2. The van der Waals surface area contributed by atoms with Crippen LogP contribution in [-0.4, -0.2) is 43.8 Å². The van der Waals surface area contributed by atoms with Crippen molar-refractivity contribution in [2.24, 2.45) is 0 Å². The maximum absolute atomic E-state index is 14.2. The Morgan fingerprint density at radius 2 is 1.63 bits per heavy atom. The third-order valence-electron chi connectivity index (χ3n) is 7.69. The van der Waals surface area contributed by atoms with E-state index in [1.54, 1.807) is 25.1 Å². The minimum Gasteiger partial charge on any atom is -0.352 e. The van der Waals surface area contributed by atoms with Crippen LogP contribution in [-0.2, 0) is 26.2 Å². The molecule has 3 aromatic carbocycles. The molecule has 1 fully saturated rings. The zero-order valence-electron chi connectivity index (χ0n) is 24.2. The smallest absolute Gasteiger partial charge is 0.264 e. The fourth-order valence-corrected chi connectivity index (χ4v) is 7.16. The van der Waals surface area contributed by atoms with Crippen LogP contribution < -0.4 is 9.62 Å². The van der Waals surface area contributed by atoms with Gasteiger partial charge in [-0.05, 0) is 68.1 Å². The highest BCUT2D eigenvalue weighted by Gasteiger charge is 2.35. The normalized spacial score (nSPS) is 14.6. The predicted molar refractivity (Wildman–Crippen MR) is 168 cm³/mol. The van der Waals surface area contributed by atoms with Crippen molar-refractivity contribution in [3.05, 3.63) is 93.7 Å². The van der Waals surface area contributed by atoms with Crippen molar-refractivity contribution in [3.63, 3.8) is 0 Å². The van der Waals surface area contributed by atoms with Gasteiger partial charge < -0.3 is 10.2 Å². The van der Waals surface area contributed by atoms with E-state index in [4.69, 9.17) is 23.2 Å². The SMILES string of the molecule is CC[C@@H](C(=O)NC1CCCCC1)N(Cc1ccc(F)cc1)C(=O)CN(c1cccc(Cl)c1Cl)S(=O)(=O)c1ccc(C)cc1. The van der Waals surface area contributed by atoms with Gasteiger partial charge in [-0.15, -0.1) is 0 Å². The summed E-state index contributed by atoms with van der Waals surface area (Å²) in [5.74, 6) is -1.37. The summed E-state index contributed by atoms with van der Waals surface area (Å²) in [5, 5.41) is 3.19. The molecule has 0 unspecified atom stereocenters. The highest BCUT2D eigenvalue weighted by molar-refractivity contribution is 7.92. The molecular formula is C32H36Cl2FN3O4S. The number of carbonyl (C=O) groups excluding carboxylic acids is 2. The van der Waals surface area contributed by atoms with Gasteiger partial charge in [0.2, 0.25) is 11.8 Å². The highest BCUT2D eigenvalue weighted by Crippen LogP contribution is 2.35. The van der Waals surface area contributed by atoms with E-state index in [1.165, 1.54) is 53.4 Å². The lowest BCUT2D eigenvalue weighted by Gasteiger charge is -2.34. The molecular weight excluding hydrogens is 612 g/mol. The Hall–Kier alpha value is -3.14. The van der Waals surface area contributed by atoms with Gasteiger partial charge in [-0.25, -0.2) is 12.8 Å². The van der Waals surface area contributed by atoms with E-state index in [-0.39, 0.29) is 45.5 Å². The lowest BCUT2D eigenvalue weighted by molar-refractivity contribution is -0.140. The summed E-state index contributed by atoms with van der Waals surface area (Å²) < 4.78 is 42.7. The monoisotopic (exact) mass is 647 g/mol. The second-order valence-corrected chi connectivity index (χ2v) is 13.5. The zero-order chi connectivity index (χ0) is 31.1. The average Bonchev–Trinajstić information content (AvgIpc) is 2.99. The van der Waals surface area contributed by atoms with Gasteiger partial charge in [-0.2, -0.15) is 0 Å². The third kappa shape index (κ3) is 8.08. The largest absolute Gasteiger partial charge is 0.352 e. The number of nitrogens with one attached hydrogen (secondary N) is 1. The molecule has 230 valence electrons. The second-order valence-electron chi connectivity index (χ2n) is 10.8. The molecule has 4 rings (SSSR count). The van der Waals surface area contributed by atoms with E-state index in [9.17, 15) is 22.4 Å². The maximum Gasteiger partial charge on any atom is 0.264 e. The summed E-state index contributed by atoms with van der Waals surface area (Å²) >= 11 is 12.8. The van der Waals surface area contributed by atoms with Crippen molar-refractivity contribution >= 4 is 50.7 Å². The molecule has 1 saturated carbocycles. The number of rotatable bonds is 11. The standard InChI is InChI=1S/C32H36Cl2FN3O4S/c1-3-28(32(40)36-25-8-5-4-6-9-25)37(20-23-14-16-24(35)17-15-23)30(39)21-38(29-11-7-10-27(33)31(29)34)43(41,42)26-18-12-22(2)13-19-26/h7,10-19,25,28H,3-6,8-9,20-21H2,1-2H3,(H,36,40)/t28-/m0/s1. The summed E-state index contributed by atoms with van der Waals surface area (Å²) in [6.45, 7) is 2.95. The lowest BCUT2D eigenvalue weighted by Crippen LogP contribution is -2.54. The molecule has 0 heterocycles. The van der Waals surface area contributed by atoms with Gasteiger partial charge in [0.25, 0.3) is 10.0 Å². The summed E-state index contributed by atoms with van der Waals surface area (Å²) in [6.07, 6.45) is 5.18. The first kappa shape index (κ1) is 32.8. The van der Waals surface area contributed by atoms with Crippen molar-refractivity contribution in [1.82, 2.24) is 10.2 Å². The Morgan fingerprint density at radius 1 is 0.977 bits per heavy atom. The van der Waals surface area contributed by atoms with E-state index >= 15 is 0 Å². The van der Waals surface area contributed by atoms with E-state index < -0.39 is 34.3 Å². The Kier molecular flexibility index (Phi) is 11.1. The van der Waals surface area contributed by atoms with Crippen molar-refractivity contribution in [2.75, 3.05) is 10.8 Å². The quantitative estimate of drug-likeness (QED) is 0.245. The van der Waals surface area contributed by atoms with Crippen LogP contribution in [0.1, 0.15) is 56.6 Å². The molecule has 0 spiro atoms. The molecule has 2 amide bonds. The van der Waals surface area contributed by atoms with Crippen LogP contribution in [0, 0.1) is 12.7 Å². The van der Waals surface area contributed by atoms with Gasteiger partial charge >= 0.3 is 0 Å². The fourth-order valence-electron chi connectivity index (χ4n) is 5.29. The number of amides is 2. The van der Waals surface area contributed by atoms with Gasteiger partial charge in [0.15, 0.2) is 0 Å². The third-order valence-corrected chi connectivity index (χ3v) is 10.3. The minimum absolute atomic E-state index is 0.0155. The molecule has 0 aromatic heterocycles. The summed E-state index contributed by atoms with van der Waals surface area (Å²) in [5.41, 5.74) is 1.49. The maximum atomic E-state index is 14.2. The fraction of sp³-hybridized carbons (Fsp3) is 0.375. The summed E-state index contributed by atoms with van der Waals surface area (Å²) in [7, 11) is -4.30. The van der Waals surface area contributed by atoms with E-state index in [0.717, 1.165) is 42.0 Å². The van der Waals surface area contributed by atoms with E-state index in [0.29, 0.717) is 5.56 Å². The van der Waals surface area contributed by atoms with Crippen LogP contribution in [0.5, 0.6) is 0 Å². The number of halogens is 3. The molecule has 0 aliphatic heterocycles.